The number of carboxylic acids is 1. The molecule has 1 fully saturated rings. The normalized spacial score (nSPS) is 23.6. The highest BCUT2D eigenvalue weighted by molar-refractivity contribution is 8.01. The van der Waals surface area contributed by atoms with Crippen molar-refractivity contribution in [3.8, 4) is 5.75 Å². The monoisotopic (exact) mass is 252 g/mol. The number of rotatable bonds is 4. The lowest BCUT2D eigenvalue weighted by Crippen LogP contribution is -2.34. The van der Waals surface area contributed by atoms with Gasteiger partial charge in [-0.05, 0) is 30.2 Å². The third-order valence-corrected chi connectivity index (χ3v) is 4.73. The van der Waals surface area contributed by atoms with Gasteiger partial charge in [0, 0.05) is 6.42 Å². The van der Waals surface area contributed by atoms with E-state index in [-0.39, 0.29) is 0 Å². The number of hydrogen-bond acceptors (Lipinski definition) is 3. The molecule has 1 N–H and O–H groups in total. The SMILES string of the molecule is COc1ccccc1CC1(C(=O)O)CCCS1. The van der Waals surface area contributed by atoms with E-state index < -0.39 is 10.7 Å². The molecular weight excluding hydrogens is 236 g/mol. The number of thioether (sulfide) groups is 1. The van der Waals surface area contributed by atoms with Crippen molar-refractivity contribution in [3.05, 3.63) is 29.8 Å². The molecule has 0 saturated carbocycles. The third kappa shape index (κ3) is 2.41. The molecule has 1 unspecified atom stereocenters. The average molecular weight is 252 g/mol. The lowest BCUT2D eigenvalue weighted by molar-refractivity contribution is -0.139. The Kier molecular flexibility index (Phi) is 3.62. The van der Waals surface area contributed by atoms with E-state index in [1.807, 2.05) is 24.3 Å². The molecule has 3 nitrogen and oxygen atoms in total. The summed E-state index contributed by atoms with van der Waals surface area (Å²) in [5.74, 6) is 1.01. The van der Waals surface area contributed by atoms with Gasteiger partial charge in [-0.15, -0.1) is 11.8 Å². The van der Waals surface area contributed by atoms with Crippen LogP contribution in [0.25, 0.3) is 0 Å². The Hall–Kier alpha value is -1.16. The summed E-state index contributed by atoms with van der Waals surface area (Å²) >= 11 is 1.56. The highest BCUT2D eigenvalue weighted by atomic mass is 32.2. The standard InChI is InChI=1S/C13H16O3S/c1-16-11-6-3-2-5-10(11)9-13(12(14)15)7-4-8-17-13/h2-3,5-6H,4,7-9H2,1H3,(H,14,15). The maximum Gasteiger partial charge on any atom is 0.320 e. The fourth-order valence-electron chi connectivity index (χ4n) is 2.24. The number of hydrogen-bond donors (Lipinski definition) is 1. The minimum Gasteiger partial charge on any atom is -0.496 e. The number of benzene rings is 1. The van der Waals surface area contributed by atoms with Gasteiger partial charge >= 0.3 is 5.97 Å². The van der Waals surface area contributed by atoms with Gasteiger partial charge in [0.1, 0.15) is 10.5 Å². The Morgan fingerprint density at radius 2 is 2.29 bits per heavy atom. The van der Waals surface area contributed by atoms with Gasteiger partial charge in [0.05, 0.1) is 7.11 Å². The smallest absolute Gasteiger partial charge is 0.320 e. The average Bonchev–Trinajstić information content (AvgIpc) is 2.80. The minimum atomic E-state index is -0.703. The maximum atomic E-state index is 11.5. The van der Waals surface area contributed by atoms with Gasteiger partial charge in [-0.3, -0.25) is 4.79 Å². The number of carbonyl (C=O) groups is 1. The van der Waals surface area contributed by atoms with Gasteiger partial charge in [-0.1, -0.05) is 18.2 Å². The van der Waals surface area contributed by atoms with Crippen LogP contribution in [0.15, 0.2) is 24.3 Å². The van der Waals surface area contributed by atoms with Crippen LogP contribution in [0, 0.1) is 0 Å². The minimum absolute atomic E-state index is 0.539. The Balaban J connectivity index is 2.26. The third-order valence-electron chi connectivity index (χ3n) is 3.16. The van der Waals surface area contributed by atoms with Crippen molar-refractivity contribution in [2.75, 3.05) is 12.9 Å². The highest BCUT2D eigenvalue weighted by Gasteiger charge is 2.42. The van der Waals surface area contributed by atoms with E-state index in [0.29, 0.717) is 6.42 Å². The van der Waals surface area contributed by atoms with Crippen molar-refractivity contribution in [3.63, 3.8) is 0 Å². The molecule has 92 valence electrons. The molecule has 17 heavy (non-hydrogen) atoms. The zero-order valence-corrected chi connectivity index (χ0v) is 10.6. The Morgan fingerprint density at radius 3 is 2.88 bits per heavy atom. The van der Waals surface area contributed by atoms with Crippen molar-refractivity contribution in [2.24, 2.45) is 0 Å². The second kappa shape index (κ2) is 5.00. The summed E-state index contributed by atoms with van der Waals surface area (Å²) < 4.78 is 4.62. The number of carboxylic acid groups (broad SMARTS) is 1. The van der Waals surface area contributed by atoms with E-state index in [1.54, 1.807) is 18.9 Å². The molecule has 4 heteroatoms. The fourth-order valence-corrected chi connectivity index (χ4v) is 3.59. The number of ether oxygens (including phenoxy) is 1. The molecule has 0 bridgehead atoms. The van der Waals surface area contributed by atoms with E-state index in [9.17, 15) is 9.90 Å². The van der Waals surface area contributed by atoms with E-state index in [4.69, 9.17) is 4.74 Å². The van der Waals surface area contributed by atoms with Crippen LogP contribution in [0.5, 0.6) is 5.75 Å². The lowest BCUT2D eigenvalue weighted by atomic mass is 9.94. The summed E-state index contributed by atoms with van der Waals surface area (Å²) in [5.41, 5.74) is 0.979. The number of aliphatic carboxylic acids is 1. The van der Waals surface area contributed by atoms with Crippen molar-refractivity contribution < 1.29 is 14.6 Å². The first-order valence-corrected chi connectivity index (χ1v) is 6.66. The molecule has 0 spiro atoms. The zero-order valence-electron chi connectivity index (χ0n) is 9.81. The summed E-state index contributed by atoms with van der Waals surface area (Å²) in [5, 5.41) is 9.43. The van der Waals surface area contributed by atoms with E-state index in [2.05, 4.69) is 0 Å². The first kappa shape index (κ1) is 12.3. The van der Waals surface area contributed by atoms with Crippen LogP contribution in [0.2, 0.25) is 0 Å². The van der Waals surface area contributed by atoms with Crippen LogP contribution in [0.3, 0.4) is 0 Å². The van der Waals surface area contributed by atoms with Gasteiger partial charge in [0.2, 0.25) is 0 Å². The van der Waals surface area contributed by atoms with Gasteiger partial charge in [0.15, 0.2) is 0 Å². The molecule has 1 aromatic rings. The Morgan fingerprint density at radius 1 is 1.53 bits per heavy atom. The molecule has 0 aliphatic carbocycles. The van der Waals surface area contributed by atoms with E-state index >= 15 is 0 Å². The molecule has 1 aromatic carbocycles. The molecule has 0 radical (unpaired) electrons. The Bertz CT molecular complexity index is 411. The quantitative estimate of drug-likeness (QED) is 0.894. The molecule has 1 aliphatic rings. The highest BCUT2D eigenvalue weighted by Crippen LogP contribution is 2.42. The molecule has 1 heterocycles. The molecular formula is C13H16O3S. The van der Waals surface area contributed by atoms with Gasteiger partial charge in [-0.2, -0.15) is 0 Å². The predicted molar refractivity (Wildman–Crippen MR) is 68.8 cm³/mol. The van der Waals surface area contributed by atoms with Gasteiger partial charge < -0.3 is 9.84 Å². The Labute approximate surface area is 105 Å². The molecule has 0 aromatic heterocycles. The lowest BCUT2D eigenvalue weighted by Gasteiger charge is -2.23. The predicted octanol–water partition coefficient (Wildman–Crippen LogP) is 2.59. The molecule has 1 atom stereocenters. The van der Waals surface area contributed by atoms with Crippen LogP contribution in [-0.4, -0.2) is 28.7 Å². The number of para-hydroxylation sites is 1. The second-order valence-electron chi connectivity index (χ2n) is 4.24. The summed E-state index contributed by atoms with van der Waals surface area (Å²) in [6.07, 6.45) is 2.26. The molecule has 2 rings (SSSR count). The topological polar surface area (TPSA) is 46.5 Å². The van der Waals surface area contributed by atoms with E-state index in [1.165, 1.54) is 0 Å². The van der Waals surface area contributed by atoms with Crippen LogP contribution < -0.4 is 4.74 Å². The van der Waals surface area contributed by atoms with Crippen molar-refractivity contribution in [2.45, 2.75) is 24.0 Å². The molecule has 0 amide bonds. The number of methoxy groups -OCH3 is 1. The van der Waals surface area contributed by atoms with Crippen molar-refractivity contribution in [1.29, 1.82) is 0 Å². The fraction of sp³-hybridized carbons (Fsp3) is 0.462. The van der Waals surface area contributed by atoms with Crippen molar-refractivity contribution >= 4 is 17.7 Å². The van der Waals surface area contributed by atoms with Gasteiger partial charge in [0.25, 0.3) is 0 Å². The van der Waals surface area contributed by atoms with Crippen molar-refractivity contribution in [1.82, 2.24) is 0 Å². The first-order valence-electron chi connectivity index (χ1n) is 5.67. The summed E-state index contributed by atoms with van der Waals surface area (Å²) in [4.78, 5) is 11.5. The maximum absolute atomic E-state index is 11.5. The summed E-state index contributed by atoms with van der Waals surface area (Å²) in [6.45, 7) is 0. The van der Waals surface area contributed by atoms with Crippen LogP contribution >= 0.6 is 11.8 Å². The summed E-state index contributed by atoms with van der Waals surface area (Å²) in [7, 11) is 1.62. The van der Waals surface area contributed by atoms with Crippen LogP contribution in [0.4, 0.5) is 0 Å². The molecule has 1 saturated heterocycles. The summed E-state index contributed by atoms with van der Waals surface area (Å²) in [6, 6.07) is 7.65. The first-order chi connectivity index (χ1) is 8.18. The van der Waals surface area contributed by atoms with E-state index in [0.717, 1.165) is 29.9 Å². The molecule has 1 aliphatic heterocycles. The van der Waals surface area contributed by atoms with Crippen LogP contribution in [-0.2, 0) is 11.2 Å². The van der Waals surface area contributed by atoms with Gasteiger partial charge in [-0.25, -0.2) is 0 Å². The zero-order chi connectivity index (χ0) is 12.3. The van der Waals surface area contributed by atoms with Crippen LogP contribution in [0.1, 0.15) is 18.4 Å². The second-order valence-corrected chi connectivity index (χ2v) is 5.72. The largest absolute Gasteiger partial charge is 0.496 e.